The largest absolute Gasteiger partial charge is 0.480 e. The van der Waals surface area contributed by atoms with Gasteiger partial charge in [-0.15, -0.1) is 0 Å². The number of hydrogen-bond acceptors (Lipinski definition) is 4. The number of nitrogens with one attached hydrogen (secondary N) is 1. The molecule has 1 rings (SSSR count). The second kappa shape index (κ2) is 8.54. The van der Waals surface area contributed by atoms with E-state index in [1.807, 2.05) is 0 Å². The molecule has 0 aliphatic heterocycles. The number of rotatable bonds is 6. The Labute approximate surface area is 147 Å². The van der Waals surface area contributed by atoms with E-state index in [0.29, 0.717) is 10.2 Å². The van der Waals surface area contributed by atoms with Crippen molar-refractivity contribution in [1.29, 1.82) is 0 Å². The van der Waals surface area contributed by atoms with Gasteiger partial charge in [-0.25, -0.2) is 14.0 Å². The predicted molar refractivity (Wildman–Crippen MR) is 91.1 cm³/mol. The van der Waals surface area contributed by atoms with Crippen molar-refractivity contribution < 1.29 is 23.8 Å². The maximum Gasteiger partial charge on any atom is 0.408 e. The van der Waals surface area contributed by atoms with Crippen LogP contribution in [0.3, 0.4) is 0 Å². The molecule has 0 aliphatic carbocycles. The quantitative estimate of drug-likeness (QED) is 0.749. The minimum absolute atomic E-state index is 0.142. The molecule has 0 saturated heterocycles. The van der Waals surface area contributed by atoms with Gasteiger partial charge in [0.25, 0.3) is 0 Å². The number of hydrogen-bond donors (Lipinski definition) is 2. The van der Waals surface area contributed by atoms with Gasteiger partial charge in [0.2, 0.25) is 0 Å². The van der Waals surface area contributed by atoms with Crippen LogP contribution in [0.1, 0.15) is 26.3 Å². The van der Waals surface area contributed by atoms with Gasteiger partial charge in [0.15, 0.2) is 0 Å². The topological polar surface area (TPSA) is 75.6 Å². The summed E-state index contributed by atoms with van der Waals surface area (Å²) in [5, 5.41) is 11.5. The number of halogens is 2. The van der Waals surface area contributed by atoms with E-state index in [1.165, 1.54) is 23.9 Å². The Balaban J connectivity index is 2.53. The number of carbonyl (C=O) groups excluding carboxylic acids is 1. The summed E-state index contributed by atoms with van der Waals surface area (Å²) < 4.78 is 18.9. The zero-order chi connectivity index (χ0) is 17.6. The van der Waals surface area contributed by atoms with E-state index in [-0.39, 0.29) is 11.6 Å². The highest BCUT2D eigenvalue weighted by Crippen LogP contribution is 2.20. The highest BCUT2D eigenvalue weighted by molar-refractivity contribution is 9.10. The number of benzene rings is 1. The summed E-state index contributed by atoms with van der Waals surface area (Å²) in [6.07, 6.45) is -0.779. The minimum atomic E-state index is -1.15. The molecule has 8 heteroatoms. The van der Waals surface area contributed by atoms with Gasteiger partial charge in [0.1, 0.15) is 17.5 Å². The zero-order valence-corrected chi connectivity index (χ0v) is 15.5. The van der Waals surface area contributed by atoms with E-state index in [0.717, 1.165) is 5.56 Å². The van der Waals surface area contributed by atoms with Crippen molar-refractivity contribution in [3.05, 3.63) is 34.1 Å². The van der Waals surface area contributed by atoms with Crippen LogP contribution < -0.4 is 5.32 Å². The van der Waals surface area contributed by atoms with Crippen LogP contribution in [-0.4, -0.2) is 34.6 Å². The third-order valence-electron chi connectivity index (χ3n) is 2.46. The van der Waals surface area contributed by atoms with Crippen LogP contribution in [0, 0.1) is 5.82 Å². The standard InChI is InChI=1S/C15H19BrFNO4S/c1-15(2,3)22-14(21)18-12(13(19)20)8-23-7-9-4-10(16)6-11(17)5-9/h4-6,12H,7-8H2,1-3H3,(H,18,21)(H,19,20). The summed E-state index contributed by atoms with van der Waals surface area (Å²) in [6, 6.07) is 3.41. The number of carboxylic acid groups (broad SMARTS) is 1. The second-order valence-electron chi connectivity index (χ2n) is 5.83. The fraction of sp³-hybridized carbons (Fsp3) is 0.467. The van der Waals surface area contributed by atoms with Gasteiger partial charge >= 0.3 is 12.1 Å². The van der Waals surface area contributed by atoms with E-state index < -0.39 is 23.7 Å². The molecule has 0 bridgehead atoms. The molecule has 0 spiro atoms. The van der Waals surface area contributed by atoms with Crippen LogP contribution in [0.2, 0.25) is 0 Å². The molecule has 1 amide bonds. The maximum absolute atomic E-state index is 13.3. The summed E-state index contributed by atoms with van der Waals surface area (Å²) >= 11 is 4.48. The molecule has 0 aliphatic rings. The van der Waals surface area contributed by atoms with Crippen LogP contribution in [0.25, 0.3) is 0 Å². The molecular formula is C15H19BrFNO4S. The van der Waals surface area contributed by atoms with E-state index in [2.05, 4.69) is 21.2 Å². The average Bonchev–Trinajstić information content (AvgIpc) is 2.33. The number of carboxylic acids is 1. The maximum atomic E-state index is 13.3. The first-order valence-electron chi connectivity index (χ1n) is 6.82. The smallest absolute Gasteiger partial charge is 0.408 e. The summed E-state index contributed by atoms with van der Waals surface area (Å²) in [7, 11) is 0. The summed E-state index contributed by atoms with van der Waals surface area (Å²) in [5.41, 5.74) is 0.0250. The number of aliphatic carboxylic acids is 1. The first-order chi connectivity index (χ1) is 10.6. The molecule has 1 atom stereocenters. The van der Waals surface area contributed by atoms with Gasteiger partial charge < -0.3 is 15.2 Å². The first-order valence-corrected chi connectivity index (χ1v) is 8.76. The molecule has 0 radical (unpaired) electrons. The van der Waals surface area contributed by atoms with Gasteiger partial charge in [-0.1, -0.05) is 15.9 Å². The molecule has 1 aromatic carbocycles. The van der Waals surface area contributed by atoms with Gasteiger partial charge in [-0.05, 0) is 44.5 Å². The Morgan fingerprint density at radius 1 is 1.39 bits per heavy atom. The van der Waals surface area contributed by atoms with E-state index >= 15 is 0 Å². The van der Waals surface area contributed by atoms with E-state index in [1.54, 1.807) is 26.8 Å². The third-order valence-corrected chi connectivity index (χ3v) is 4.03. The minimum Gasteiger partial charge on any atom is -0.480 e. The SMILES string of the molecule is CC(C)(C)OC(=O)NC(CSCc1cc(F)cc(Br)c1)C(=O)O. The lowest BCUT2D eigenvalue weighted by molar-refractivity contribution is -0.138. The Kier molecular flexibility index (Phi) is 7.34. The Bertz CT molecular complexity index is 557. The lowest BCUT2D eigenvalue weighted by atomic mass is 10.2. The Morgan fingerprint density at radius 2 is 2.04 bits per heavy atom. The first kappa shape index (κ1) is 19.8. The summed E-state index contributed by atoms with van der Waals surface area (Å²) in [6.45, 7) is 5.08. The Hall–Kier alpha value is -1.28. The van der Waals surface area contributed by atoms with Crippen molar-refractivity contribution in [3.8, 4) is 0 Å². The van der Waals surface area contributed by atoms with Gasteiger partial charge in [0.05, 0.1) is 0 Å². The molecule has 2 N–H and O–H groups in total. The normalized spacial score (nSPS) is 12.6. The number of alkyl carbamates (subject to hydrolysis) is 1. The van der Waals surface area contributed by atoms with Crippen LogP contribution in [0.4, 0.5) is 9.18 Å². The van der Waals surface area contributed by atoms with Gasteiger partial charge in [-0.3, -0.25) is 0 Å². The highest BCUT2D eigenvalue weighted by atomic mass is 79.9. The molecule has 0 heterocycles. The van der Waals surface area contributed by atoms with Crippen LogP contribution in [-0.2, 0) is 15.3 Å². The molecule has 1 aromatic rings. The van der Waals surface area contributed by atoms with Crippen LogP contribution in [0.15, 0.2) is 22.7 Å². The molecule has 5 nitrogen and oxygen atoms in total. The van der Waals surface area contributed by atoms with Crippen molar-refractivity contribution in [2.24, 2.45) is 0 Å². The van der Waals surface area contributed by atoms with Crippen molar-refractivity contribution >= 4 is 39.8 Å². The van der Waals surface area contributed by atoms with Crippen LogP contribution in [0.5, 0.6) is 0 Å². The number of thioether (sulfide) groups is 1. The number of carbonyl (C=O) groups is 2. The van der Waals surface area contributed by atoms with E-state index in [9.17, 15) is 14.0 Å². The van der Waals surface area contributed by atoms with Crippen LogP contribution >= 0.6 is 27.7 Å². The second-order valence-corrected chi connectivity index (χ2v) is 7.78. The van der Waals surface area contributed by atoms with Crippen molar-refractivity contribution in [1.82, 2.24) is 5.32 Å². The molecule has 128 valence electrons. The van der Waals surface area contributed by atoms with Gasteiger partial charge in [0, 0.05) is 16.0 Å². The van der Waals surface area contributed by atoms with Crippen molar-refractivity contribution in [2.75, 3.05) is 5.75 Å². The molecule has 0 saturated carbocycles. The molecule has 0 aromatic heterocycles. The summed E-state index contributed by atoms with van der Waals surface area (Å²) in [4.78, 5) is 22.8. The number of ether oxygens (including phenoxy) is 1. The lowest BCUT2D eigenvalue weighted by Gasteiger charge is -2.21. The molecule has 1 unspecified atom stereocenters. The number of amides is 1. The zero-order valence-electron chi connectivity index (χ0n) is 13.1. The predicted octanol–water partition coefficient (Wildman–Crippen LogP) is 3.80. The lowest BCUT2D eigenvalue weighted by Crippen LogP contribution is -2.44. The molecule has 0 fully saturated rings. The monoisotopic (exact) mass is 407 g/mol. The van der Waals surface area contributed by atoms with Crippen molar-refractivity contribution in [3.63, 3.8) is 0 Å². The summed E-state index contributed by atoms with van der Waals surface area (Å²) in [5.74, 6) is -0.945. The molecular weight excluding hydrogens is 389 g/mol. The van der Waals surface area contributed by atoms with E-state index in [4.69, 9.17) is 9.84 Å². The molecule has 23 heavy (non-hydrogen) atoms. The average molecular weight is 408 g/mol. The fourth-order valence-corrected chi connectivity index (χ4v) is 3.11. The van der Waals surface area contributed by atoms with Gasteiger partial charge in [-0.2, -0.15) is 11.8 Å². The van der Waals surface area contributed by atoms with Crippen molar-refractivity contribution in [2.45, 2.75) is 38.2 Å². The highest BCUT2D eigenvalue weighted by Gasteiger charge is 2.23. The fourth-order valence-electron chi connectivity index (χ4n) is 1.61. The Morgan fingerprint density at radius 3 is 2.57 bits per heavy atom. The third kappa shape index (κ3) is 8.22.